The Bertz CT molecular complexity index is 700. The lowest BCUT2D eigenvalue weighted by Crippen LogP contribution is -2.43. The Kier molecular flexibility index (Phi) is 5.18. The predicted molar refractivity (Wildman–Crippen MR) is 87.4 cm³/mol. The van der Waals surface area contributed by atoms with Gasteiger partial charge in [0.05, 0.1) is 5.56 Å². The van der Waals surface area contributed by atoms with Gasteiger partial charge in [-0.25, -0.2) is 4.79 Å². The first-order valence-corrected chi connectivity index (χ1v) is 7.16. The quantitative estimate of drug-likeness (QED) is 0.393. The largest absolute Gasteiger partial charge is 0.480 e. The number of aromatic nitrogens is 1. The van der Waals surface area contributed by atoms with Gasteiger partial charge in [0.15, 0.2) is 11.4 Å². The zero-order valence-electron chi connectivity index (χ0n) is 12.7. The van der Waals surface area contributed by atoms with E-state index in [1.54, 1.807) is 56.4 Å². The molecule has 0 amide bonds. The summed E-state index contributed by atoms with van der Waals surface area (Å²) in [5.74, 6) is -0.0656. The first kappa shape index (κ1) is 16.8. The maximum Gasteiger partial charge on any atom is 0.367 e. The molecular formula is C16H16ClN3O3. The van der Waals surface area contributed by atoms with E-state index in [1.807, 2.05) is 0 Å². The topological polar surface area (TPSA) is 86.8 Å². The van der Waals surface area contributed by atoms with Gasteiger partial charge in [-0.2, -0.15) is 0 Å². The number of ether oxygens (including phenoxy) is 1. The molecule has 0 saturated heterocycles. The first-order valence-electron chi connectivity index (χ1n) is 6.78. The summed E-state index contributed by atoms with van der Waals surface area (Å²) in [6, 6.07) is 10.00. The number of nitrogens with zero attached hydrogens (tertiary/aromatic N) is 2. The Hall–Kier alpha value is -2.60. The van der Waals surface area contributed by atoms with Crippen molar-refractivity contribution in [3.63, 3.8) is 0 Å². The third-order valence-corrected chi connectivity index (χ3v) is 3.18. The zero-order valence-corrected chi connectivity index (χ0v) is 13.4. The van der Waals surface area contributed by atoms with Crippen LogP contribution in [0.25, 0.3) is 0 Å². The Morgan fingerprint density at radius 2 is 1.96 bits per heavy atom. The van der Waals surface area contributed by atoms with Crippen molar-refractivity contribution in [2.75, 3.05) is 0 Å². The molecule has 0 saturated carbocycles. The van der Waals surface area contributed by atoms with Crippen LogP contribution in [0.4, 0.5) is 0 Å². The van der Waals surface area contributed by atoms with Crippen molar-refractivity contribution in [3.8, 4) is 5.75 Å². The number of carbonyl (C=O) groups excluding carboxylic acids is 1. The second-order valence-electron chi connectivity index (χ2n) is 5.16. The van der Waals surface area contributed by atoms with E-state index in [0.717, 1.165) is 0 Å². The third-order valence-electron chi connectivity index (χ3n) is 2.93. The van der Waals surface area contributed by atoms with Crippen LogP contribution in [0, 0.1) is 0 Å². The van der Waals surface area contributed by atoms with E-state index in [2.05, 4.69) is 10.1 Å². The normalized spacial score (nSPS) is 11.9. The summed E-state index contributed by atoms with van der Waals surface area (Å²) >= 11 is 5.82. The minimum atomic E-state index is -0.969. The van der Waals surface area contributed by atoms with E-state index in [-0.39, 0.29) is 11.4 Å². The maximum atomic E-state index is 11.8. The van der Waals surface area contributed by atoms with Crippen LogP contribution in [0.2, 0.25) is 5.02 Å². The van der Waals surface area contributed by atoms with Crippen LogP contribution in [0.3, 0.4) is 0 Å². The fourth-order valence-electron chi connectivity index (χ4n) is 1.59. The molecule has 1 heterocycles. The molecule has 0 fully saturated rings. The molecule has 0 unspecified atom stereocenters. The molecule has 1 aromatic carbocycles. The summed E-state index contributed by atoms with van der Waals surface area (Å²) in [6.07, 6.45) is 2.93. The molecule has 0 aliphatic heterocycles. The molecule has 2 N–H and O–H groups in total. The number of pyridine rings is 1. The summed E-state index contributed by atoms with van der Waals surface area (Å²) in [5, 5.41) is 4.25. The average molecular weight is 334 g/mol. The molecule has 0 aliphatic rings. The number of halogens is 1. The number of amidine groups is 1. The molecule has 23 heavy (non-hydrogen) atoms. The van der Waals surface area contributed by atoms with E-state index in [1.165, 1.54) is 6.20 Å². The Balaban J connectivity index is 2.03. The van der Waals surface area contributed by atoms with Gasteiger partial charge >= 0.3 is 5.97 Å². The van der Waals surface area contributed by atoms with E-state index in [4.69, 9.17) is 26.9 Å². The lowest BCUT2D eigenvalue weighted by atomic mass is 10.1. The van der Waals surface area contributed by atoms with Gasteiger partial charge in [0.25, 0.3) is 0 Å². The summed E-state index contributed by atoms with van der Waals surface area (Å²) in [7, 11) is 0. The lowest BCUT2D eigenvalue weighted by Gasteiger charge is -2.25. The molecule has 0 radical (unpaired) electrons. The van der Waals surface area contributed by atoms with Crippen molar-refractivity contribution >= 4 is 23.4 Å². The zero-order chi connectivity index (χ0) is 16.9. The highest BCUT2D eigenvalue weighted by molar-refractivity contribution is 6.30. The highest BCUT2D eigenvalue weighted by Gasteiger charge is 2.26. The molecule has 0 spiro atoms. The minimum absolute atomic E-state index is 0.0182. The SMILES string of the molecule is CC(C)(Oc1ccc(Cl)cc1)/C(N)=N\OC(=O)c1cccnc1. The average Bonchev–Trinajstić information content (AvgIpc) is 2.55. The number of oxime groups is 1. The van der Waals surface area contributed by atoms with Gasteiger partial charge in [-0.05, 0) is 50.2 Å². The standard InChI is InChI=1S/C16H16ClN3O3/c1-16(2,22-13-7-5-12(17)6-8-13)15(18)20-23-14(21)11-4-3-9-19-10-11/h3-10H,1-2H3,(H2,18,20). The van der Waals surface area contributed by atoms with Crippen molar-refractivity contribution in [2.24, 2.45) is 10.9 Å². The molecule has 0 aliphatic carbocycles. The van der Waals surface area contributed by atoms with Crippen LogP contribution >= 0.6 is 11.6 Å². The summed E-state index contributed by atoms with van der Waals surface area (Å²) < 4.78 is 5.74. The highest BCUT2D eigenvalue weighted by Crippen LogP contribution is 2.21. The van der Waals surface area contributed by atoms with Gasteiger partial charge in [-0.15, -0.1) is 0 Å². The first-order chi connectivity index (χ1) is 10.9. The Labute approximate surface area is 138 Å². The number of rotatable bonds is 5. The molecule has 7 heteroatoms. The smallest absolute Gasteiger partial charge is 0.367 e. The maximum absolute atomic E-state index is 11.8. The van der Waals surface area contributed by atoms with E-state index in [0.29, 0.717) is 10.8 Å². The van der Waals surface area contributed by atoms with Crippen molar-refractivity contribution in [1.82, 2.24) is 4.98 Å². The Morgan fingerprint density at radius 3 is 2.57 bits per heavy atom. The molecule has 1 aromatic heterocycles. The minimum Gasteiger partial charge on any atom is -0.480 e. The van der Waals surface area contributed by atoms with Gasteiger partial charge in [0.1, 0.15) is 5.75 Å². The van der Waals surface area contributed by atoms with Crippen LogP contribution in [-0.2, 0) is 4.84 Å². The van der Waals surface area contributed by atoms with Crippen molar-refractivity contribution in [1.29, 1.82) is 0 Å². The fourth-order valence-corrected chi connectivity index (χ4v) is 1.71. The molecule has 0 atom stereocenters. The van der Waals surface area contributed by atoms with Crippen LogP contribution in [0.5, 0.6) is 5.75 Å². The Morgan fingerprint density at radius 1 is 1.26 bits per heavy atom. The van der Waals surface area contributed by atoms with E-state index >= 15 is 0 Å². The predicted octanol–water partition coefficient (Wildman–Crippen LogP) is 3.02. The van der Waals surface area contributed by atoms with E-state index < -0.39 is 11.6 Å². The molecule has 120 valence electrons. The number of nitrogens with two attached hydrogens (primary N) is 1. The summed E-state index contributed by atoms with van der Waals surface area (Å²) in [4.78, 5) is 20.4. The number of benzene rings is 1. The number of hydrogen-bond acceptors (Lipinski definition) is 5. The number of hydrogen-bond donors (Lipinski definition) is 1. The fraction of sp³-hybridized carbons (Fsp3) is 0.188. The second kappa shape index (κ2) is 7.11. The van der Waals surface area contributed by atoms with Gasteiger partial charge in [0, 0.05) is 17.4 Å². The number of carbonyl (C=O) groups is 1. The lowest BCUT2D eigenvalue weighted by molar-refractivity contribution is 0.0504. The third kappa shape index (κ3) is 4.69. The molecule has 2 rings (SSSR count). The monoisotopic (exact) mass is 333 g/mol. The molecule has 2 aromatic rings. The summed E-state index contributed by atoms with van der Waals surface area (Å²) in [5.41, 5.74) is 5.17. The van der Waals surface area contributed by atoms with Crippen molar-refractivity contribution < 1.29 is 14.4 Å². The van der Waals surface area contributed by atoms with Gasteiger partial charge in [0.2, 0.25) is 0 Å². The molecular weight excluding hydrogens is 318 g/mol. The highest BCUT2D eigenvalue weighted by atomic mass is 35.5. The van der Waals surface area contributed by atoms with Crippen molar-refractivity contribution in [3.05, 3.63) is 59.4 Å². The van der Waals surface area contributed by atoms with Gasteiger partial charge in [-0.3, -0.25) is 4.98 Å². The summed E-state index contributed by atoms with van der Waals surface area (Å²) in [6.45, 7) is 3.41. The van der Waals surface area contributed by atoms with Crippen LogP contribution in [-0.4, -0.2) is 22.4 Å². The van der Waals surface area contributed by atoms with Crippen LogP contribution in [0.1, 0.15) is 24.2 Å². The van der Waals surface area contributed by atoms with Crippen molar-refractivity contribution in [2.45, 2.75) is 19.4 Å². The van der Waals surface area contributed by atoms with Gasteiger partial charge < -0.3 is 15.3 Å². The van der Waals surface area contributed by atoms with Crippen LogP contribution in [0.15, 0.2) is 53.9 Å². The molecule has 6 nitrogen and oxygen atoms in total. The van der Waals surface area contributed by atoms with E-state index in [9.17, 15) is 4.79 Å². The van der Waals surface area contributed by atoms with Gasteiger partial charge in [-0.1, -0.05) is 16.8 Å². The van der Waals surface area contributed by atoms with Crippen LogP contribution < -0.4 is 10.5 Å². The second-order valence-corrected chi connectivity index (χ2v) is 5.60. The molecule has 0 bridgehead atoms.